The van der Waals surface area contributed by atoms with Gasteiger partial charge in [0.2, 0.25) is 15.9 Å². The molecule has 0 fully saturated rings. The van der Waals surface area contributed by atoms with Crippen molar-refractivity contribution >= 4 is 21.6 Å². The van der Waals surface area contributed by atoms with Gasteiger partial charge in [-0.15, -0.1) is 0 Å². The molecular formula is C16H26N2O3S. The maximum atomic E-state index is 12.2. The van der Waals surface area contributed by atoms with E-state index in [2.05, 4.69) is 5.32 Å². The van der Waals surface area contributed by atoms with E-state index < -0.39 is 16.1 Å². The number of amides is 1. The highest BCUT2D eigenvalue weighted by atomic mass is 32.2. The lowest BCUT2D eigenvalue weighted by Gasteiger charge is -2.29. The molecule has 124 valence electrons. The Morgan fingerprint density at radius 3 is 2.23 bits per heavy atom. The smallest absolute Gasteiger partial charge is 0.243 e. The van der Waals surface area contributed by atoms with Crippen LogP contribution in [-0.4, -0.2) is 33.2 Å². The fourth-order valence-electron chi connectivity index (χ4n) is 2.12. The molecule has 0 heterocycles. The fraction of sp³-hybridized carbons (Fsp3) is 0.562. The van der Waals surface area contributed by atoms with E-state index in [1.54, 1.807) is 19.1 Å². The van der Waals surface area contributed by atoms with Crippen LogP contribution < -0.4 is 9.62 Å². The van der Waals surface area contributed by atoms with Crippen LogP contribution in [0, 0.1) is 19.8 Å². The summed E-state index contributed by atoms with van der Waals surface area (Å²) in [7, 11) is -3.56. The summed E-state index contributed by atoms with van der Waals surface area (Å²) in [5.74, 6) is 0.0156. The van der Waals surface area contributed by atoms with Crippen LogP contribution in [0.4, 0.5) is 5.69 Å². The zero-order chi connectivity index (χ0) is 17.1. The summed E-state index contributed by atoms with van der Waals surface area (Å²) in [6, 6.07) is 4.59. The number of sulfonamides is 1. The van der Waals surface area contributed by atoms with Gasteiger partial charge in [-0.3, -0.25) is 9.10 Å². The van der Waals surface area contributed by atoms with Crippen molar-refractivity contribution in [1.29, 1.82) is 0 Å². The number of hydrogen-bond acceptors (Lipinski definition) is 3. The molecular weight excluding hydrogens is 300 g/mol. The second kappa shape index (κ2) is 7.13. The highest BCUT2D eigenvalue weighted by Crippen LogP contribution is 2.23. The van der Waals surface area contributed by atoms with Crippen molar-refractivity contribution in [1.82, 2.24) is 5.32 Å². The molecule has 0 aliphatic rings. The summed E-state index contributed by atoms with van der Waals surface area (Å²) in [6.45, 7) is 9.98. The third kappa shape index (κ3) is 4.73. The molecule has 0 aliphatic carbocycles. The second-order valence-electron chi connectivity index (χ2n) is 6.14. The van der Waals surface area contributed by atoms with Crippen molar-refractivity contribution in [3.8, 4) is 0 Å². The molecule has 1 rings (SSSR count). The van der Waals surface area contributed by atoms with Crippen LogP contribution in [0.3, 0.4) is 0 Å². The summed E-state index contributed by atoms with van der Waals surface area (Å²) in [5, 5.41) is 2.79. The largest absolute Gasteiger partial charge is 0.354 e. The van der Waals surface area contributed by atoms with E-state index in [9.17, 15) is 13.2 Å². The van der Waals surface area contributed by atoms with Gasteiger partial charge in [-0.2, -0.15) is 0 Å². The molecule has 0 spiro atoms. The van der Waals surface area contributed by atoms with E-state index >= 15 is 0 Å². The lowest BCUT2D eigenvalue weighted by molar-refractivity contribution is -0.121. The van der Waals surface area contributed by atoms with Crippen LogP contribution >= 0.6 is 0 Å². The Morgan fingerprint density at radius 1 is 1.18 bits per heavy atom. The quantitative estimate of drug-likeness (QED) is 0.872. The van der Waals surface area contributed by atoms with Crippen LogP contribution in [0.5, 0.6) is 0 Å². The zero-order valence-corrected chi connectivity index (χ0v) is 15.0. The molecule has 0 saturated carbocycles. The van der Waals surface area contributed by atoms with E-state index in [1.807, 2.05) is 33.8 Å². The van der Waals surface area contributed by atoms with Crippen LogP contribution in [0.15, 0.2) is 18.2 Å². The Bertz CT molecular complexity index is 639. The van der Waals surface area contributed by atoms with Crippen LogP contribution in [0.1, 0.15) is 31.9 Å². The topological polar surface area (TPSA) is 66.5 Å². The molecule has 1 aromatic rings. The average molecular weight is 326 g/mol. The molecule has 5 nitrogen and oxygen atoms in total. The molecule has 0 saturated heterocycles. The minimum Gasteiger partial charge on any atom is -0.354 e. The third-order valence-electron chi connectivity index (χ3n) is 3.52. The van der Waals surface area contributed by atoms with E-state index in [4.69, 9.17) is 0 Å². The van der Waals surface area contributed by atoms with Crippen molar-refractivity contribution < 1.29 is 13.2 Å². The molecule has 0 radical (unpaired) electrons. The van der Waals surface area contributed by atoms with Crippen molar-refractivity contribution in [2.45, 2.75) is 40.7 Å². The molecule has 0 aliphatic heterocycles. The first-order chi connectivity index (χ1) is 10.0. The van der Waals surface area contributed by atoms with E-state index in [-0.39, 0.29) is 5.91 Å². The normalized spacial score (nSPS) is 13.0. The SMILES string of the molecule is Cc1ccc(N([C@@H](C)C(=O)NCC(C)C)S(C)(=O)=O)cc1C. The van der Waals surface area contributed by atoms with Crippen LogP contribution in [-0.2, 0) is 14.8 Å². The Labute approximate surface area is 133 Å². The third-order valence-corrected chi connectivity index (χ3v) is 4.76. The van der Waals surface area contributed by atoms with Crippen molar-refractivity contribution in [3.63, 3.8) is 0 Å². The number of rotatable bonds is 6. The standard InChI is InChI=1S/C16H26N2O3S/c1-11(2)10-17-16(19)14(5)18(22(6,20)21)15-8-7-12(3)13(4)9-15/h7-9,11,14H,10H2,1-6H3,(H,17,19)/t14-/m0/s1. The maximum absolute atomic E-state index is 12.2. The molecule has 1 N–H and O–H groups in total. The maximum Gasteiger partial charge on any atom is 0.243 e. The average Bonchev–Trinajstić information content (AvgIpc) is 2.38. The highest BCUT2D eigenvalue weighted by molar-refractivity contribution is 7.92. The highest BCUT2D eigenvalue weighted by Gasteiger charge is 2.29. The summed E-state index contributed by atoms with van der Waals surface area (Å²) < 4.78 is 25.5. The Hall–Kier alpha value is -1.56. The van der Waals surface area contributed by atoms with Gasteiger partial charge in [0.1, 0.15) is 6.04 Å². The summed E-state index contributed by atoms with van der Waals surface area (Å²) in [5.41, 5.74) is 2.58. The number of nitrogens with zero attached hydrogens (tertiary/aromatic N) is 1. The molecule has 1 atom stereocenters. The second-order valence-corrected chi connectivity index (χ2v) is 8.00. The van der Waals surface area contributed by atoms with E-state index in [0.29, 0.717) is 18.2 Å². The molecule has 0 aromatic heterocycles. The first-order valence-electron chi connectivity index (χ1n) is 7.38. The van der Waals surface area contributed by atoms with Gasteiger partial charge in [-0.25, -0.2) is 8.42 Å². The number of hydrogen-bond donors (Lipinski definition) is 1. The number of anilines is 1. The Morgan fingerprint density at radius 2 is 1.77 bits per heavy atom. The summed E-state index contributed by atoms with van der Waals surface area (Å²) >= 11 is 0. The lowest BCUT2D eigenvalue weighted by atomic mass is 10.1. The van der Waals surface area contributed by atoms with Gasteiger partial charge in [0.15, 0.2) is 0 Å². The summed E-state index contributed by atoms with van der Waals surface area (Å²) in [4.78, 5) is 12.2. The number of nitrogens with one attached hydrogen (secondary N) is 1. The number of aryl methyl sites for hydroxylation is 2. The minimum absolute atomic E-state index is 0.294. The van der Waals surface area contributed by atoms with Crippen molar-refractivity contribution in [2.24, 2.45) is 5.92 Å². The van der Waals surface area contributed by atoms with Crippen LogP contribution in [0.2, 0.25) is 0 Å². The first kappa shape index (κ1) is 18.5. The lowest BCUT2D eigenvalue weighted by Crippen LogP contribution is -2.48. The van der Waals surface area contributed by atoms with Gasteiger partial charge in [0, 0.05) is 6.54 Å². The van der Waals surface area contributed by atoms with Crippen molar-refractivity contribution in [3.05, 3.63) is 29.3 Å². The van der Waals surface area contributed by atoms with Gasteiger partial charge in [0.05, 0.1) is 11.9 Å². The predicted octanol–water partition coefficient (Wildman–Crippen LogP) is 2.23. The number of benzene rings is 1. The number of carbonyl (C=O) groups is 1. The number of carbonyl (C=O) groups excluding carboxylic acids is 1. The molecule has 1 amide bonds. The molecule has 0 bridgehead atoms. The fourth-order valence-corrected chi connectivity index (χ4v) is 3.29. The van der Waals surface area contributed by atoms with Gasteiger partial charge in [-0.05, 0) is 49.9 Å². The molecule has 22 heavy (non-hydrogen) atoms. The van der Waals surface area contributed by atoms with E-state index in [0.717, 1.165) is 17.4 Å². The van der Waals surface area contributed by atoms with Gasteiger partial charge < -0.3 is 5.32 Å². The minimum atomic E-state index is -3.56. The Balaban J connectivity index is 3.13. The Kier molecular flexibility index (Phi) is 6.00. The first-order valence-corrected chi connectivity index (χ1v) is 9.23. The van der Waals surface area contributed by atoms with Gasteiger partial charge in [0.25, 0.3) is 0 Å². The van der Waals surface area contributed by atoms with Crippen molar-refractivity contribution in [2.75, 3.05) is 17.1 Å². The van der Waals surface area contributed by atoms with Gasteiger partial charge in [-0.1, -0.05) is 19.9 Å². The summed E-state index contributed by atoms with van der Waals surface area (Å²) in [6.07, 6.45) is 1.12. The molecule has 6 heteroatoms. The van der Waals surface area contributed by atoms with Gasteiger partial charge >= 0.3 is 0 Å². The van der Waals surface area contributed by atoms with Crippen LogP contribution in [0.25, 0.3) is 0 Å². The van der Waals surface area contributed by atoms with E-state index in [1.165, 1.54) is 4.31 Å². The molecule has 0 unspecified atom stereocenters. The predicted molar refractivity (Wildman–Crippen MR) is 90.5 cm³/mol. The molecule has 1 aromatic carbocycles. The zero-order valence-electron chi connectivity index (χ0n) is 14.2. The monoisotopic (exact) mass is 326 g/mol.